The van der Waals surface area contributed by atoms with Gasteiger partial charge in [0, 0.05) is 31.7 Å². The Morgan fingerprint density at radius 2 is 1.73 bits per heavy atom. The number of para-hydroxylation sites is 1. The zero-order chi connectivity index (χ0) is 20.7. The maximum absolute atomic E-state index is 12.6. The molecular formula is C26H25N3O. The van der Waals surface area contributed by atoms with Gasteiger partial charge in [-0.1, -0.05) is 54.6 Å². The van der Waals surface area contributed by atoms with E-state index in [2.05, 4.69) is 47.4 Å². The molecule has 4 heteroatoms. The van der Waals surface area contributed by atoms with Gasteiger partial charge in [-0.15, -0.1) is 0 Å². The summed E-state index contributed by atoms with van der Waals surface area (Å²) in [6, 6.07) is 25.6. The lowest BCUT2D eigenvalue weighted by atomic mass is 9.85. The van der Waals surface area contributed by atoms with E-state index in [9.17, 15) is 10.1 Å². The molecule has 0 spiro atoms. The molecule has 3 aromatic rings. The van der Waals surface area contributed by atoms with Gasteiger partial charge in [0.25, 0.3) is 0 Å². The third kappa shape index (κ3) is 2.89. The first-order chi connectivity index (χ1) is 14.6. The van der Waals surface area contributed by atoms with Crippen LogP contribution in [0.1, 0.15) is 36.9 Å². The van der Waals surface area contributed by atoms with Crippen molar-refractivity contribution in [3.8, 4) is 6.07 Å². The highest BCUT2D eigenvalue weighted by atomic mass is 16.2. The van der Waals surface area contributed by atoms with Gasteiger partial charge in [0.2, 0.25) is 5.91 Å². The number of benzene rings is 3. The first-order valence-corrected chi connectivity index (χ1v) is 10.6. The number of anilines is 1. The molecule has 2 aliphatic rings. The Morgan fingerprint density at radius 1 is 1.03 bits per heavy atom. The van der Waals surface area contributed by atoms with Gasteiger partial charge in [0.1, 0.15) is 5.54 Å². The quantitative estimate of drug-likeness (QED) is 0.637. The molecule has 0 saturated carbocycles. The summed E-state index contributed by atoms with van der Waals surface area (Å²) in [6.07, 6.45) is 2.33. The lowest BCUT2D eigenvalue weighted by Gasteiger charge is -2.45. The minimum absolute atomic E-state index is 0.0748. The number of hydrogen-bond acceptors (Lipinski definition) is 3. The Bertz CT molecular complexity index is 1130. The van der Waals surface area contributed by atoms with E-state index in [1.165, 1.54) is 21.9 Å². The van der Waals surface area contributed by atoms with E-state index in [1.807, 2.05) is 30.3 Å². The molecule has 1 aliphatic heterocycles. The fraction of sp³-hybridized carbons (Fsp3) is 0.308. The van der Waals surface area contributed by atoms with Crippen molar-refractivity contribution in [1.29, 1.82) is 5.26 Å². The summed E-state index contributed by atoms with van der Waals surface area (Å²) in [6.45, 7) is 3.17. The standard InChI is InChI=1S/C26H25N3O/c1-19(30)29(22-10-3-2-4-11-22)26(18-27)13-15-28(16-14-26)24-17-21-9-5-7-20-8-6-12-23(24)25(20)21/h2-12,24H,13-17H2,1H3. The van der Waals surface area contributed by atoms with Crippen molar-refractivity contribution in [3.63, 3.8) is 0 Å². The van der Waals surface area contributed by atoms with Crippen molar-refractivity contribution in [1.82, 2.24) is 4.90 Å². The predicted molar refractivity (Wildman–Crippen MR) is 119 cm³/mol. The Hall–Kier alpha value is -3.16. The van der Waals surface area contributed by atoms with Gasteiger partial charge in [0.05, 0.1) is 6.07 Å². The van der Waals surface area contributed by atoms with Crippen molar-refractivity contribution < 1.29 is 4.79 Å². The Kier molecular flexibility index (Phi) is 4.56. The van der Waals surface area contributed by atoms with Gasteiger partial charge in [-0.2, -0.15) is 5.26 Å². The highest BCUT2D eigenvalue weighted by Crippen LogP contribution is 2.43. The van der Waals surface area contributed by atoms with E-state index >= 15 is 0 Å². The highest BCUT2D eigenvalue weighted by Gasteiger charge is 2.44. The summed E-state index contributed by atoms with van der Waals surface area (Å²) in [5.41, 5.74) is 2.83. The van der Waals surface area contributed by atoms with Crippen molar-refractivity contribution >= 4 is 22.4 Å². The van der Waals surface area contributed by atoms with Crippen LogP contribution in [0.3, 0.4) is 0 Å². The summed E-state index contributed by atoms with van der Waals surface area (Å²) in [4.78, 5) is 16.8. The monoisotopic (exact) mass is 395 g/mol. The maximum atomic E-state index is 12.6. The lowest BCUT2D eigenvalue weighted by molar-refractivity contribution is -0.117. The fourth-order valence-corrected chi connectivity index (χ4v) is 5.44. The zero-order valence-corrected chi connectivity index (χ0v) is 17.2. The number of piperidine rings is 1. The van der Waals surface area contributed by atoms with Crippen LogP contribution in [0.4, 0.5) is 5.69 Å². The number of nitrogens with zero attached hydrogens (tertiary/aromatic N) is 3. The summed E-state index contributed by atoms with van der Waals surface area (Å²) in [7, 11) is 0. The summed E-state index contributed by atoms with van der Waals surface area (Å²) >= 11 is 0. The van der Waals surface area contributed by atoms with E-state index in [0.29, 0.717) is 18.9 Å². The number of carbonyl (C=O) groups excluding carboxylic acids is 1. The van der Waals surface area contributed by atoms with Crippen molar-refractivity contribution in [2.45, 2.75) is 37.8 Å². The van der Waals surface area contributed by atoms with Gasteiger partial charge in [-0.3, -0.25) is 14.6 Å². The molecule has 0 bridgehead atoms. The fourth-order valence-electron chi connectivity index (χ4n) is 5.44. The van der Waals surface area contributed by atoms with Gasteiger partial charge in [0.15, 0.2) is 0 Å². The molecule has 0 radical (unpaired) electrons. The molecule has 0 aromatic heterocycles. The number of carbonyl (C=O) groups is 1. The van der Waals surface area contributed by atoms with Gasteiger partial charge >= 0.3 is 0 Å². The number of rotatable bonds is 3. The molecule has 5 rings (SSSR count). The first kappa shape index (κ1) is 18.8. The number of likely N-dealkylation sites (tertiary alicyclic amines) is 1. The Morgan fingerprint density at radius 3 is 2.40 bits per heavy atom. The van der Waals surface area contributed by atoms with Gasteiger partial charge < -0.3 is 0 Å². The molecule has 30 heavy (non-hydrogen) atoms. The average Bonchev–Trinajstić information content (AvgIpc) is 3.16. The Labute approximate surface area is 177 Å². The maximum Gasteiger partial charge on any atom is 0.225 e. The summed E-state index contributed by atoms with van der Waals surface area (Å²) in [5, 5.41) is 12.9. The van der Waals surface area contributed by atoms with E-state index in [-0.39, 0.29) is 5.91 Å². The van der Waals surface area contributed by atoms with Crippen LogP contribution in [0, 0.1) is 11.3 Å². The largest absolute Gasteiger partial charge is 0.296 e. The smallest absolute Gasteiger partial charge is 0.225 e. The highest BCUT2D eigenvalue weighted by molar-refractivity contribution is 5.94. The minimum atomic E-state index is -0.791. The molecule has 1 unspecified atom stereocenters. The molecule has 1 fully saturated rings. The second-order valence-electron chi connectivity index (χ2n) is 8.45. The van der Waals surface area contributed by atoms with E-state index < -0.39 is 5.54 Å². The van der Waals surface area contributed by atoms with Crippen LogP contribution in [0.25, 0.3) is 10.8 Å². The van der Waals surface area contributed by atoms with Crippen LogP contribution in [0.15, 0.2) is 66.7 Å². The molecule has 1 saturated heterocycles. The molecular weight excluding hydrogens is 370 g/mol. The predicted octanol–water partition coefficient (Wildman–Crippen LogP) is 4.85. The molecule has 1 amide bonds. The van der Waals surface area contributed by atoms with Gasteiger partial charge in [-0.25, -0.2) is 0 Å². The van der Waals surface area contributed by atoms with Crippen LogP contribution >= 0.6 is 0 Å². The van der Waals surface area contributed by atoms with E-state index in [4.69, 9.17) is 0 Å². The van der Waals surface area contributed by atoms with Gasteiger partial charge in [-0.05, 0) is 53.3 Å². The molecule has 1 atom stereocenters. The second-order valence-corrected chi connectivity index (χ2v) is 8.45. The normalized spacial score (nSPS) is 20.1. The molecule has 3 aromatic carbocycles. The van der Waals surface area contributed by atoms with Crippen molar-refractivity contribution in [3.05, 3.63) is 77.9 Å². The molecule has 150 valence electrons. The topological polar surface area (TPSA) is 47.3 Å². The summed E-state index contributed by atoms with van der Waals surface area (Å²) in [5.74, 6) is -0.0748. The van der Waals surface area contributed by atoms with Crippen molar-refractivity contribution in [2.24, 2.45) is 0 Å². The van der Waals surface area contributed by atoms with Crippen LogP contribution in [0.5, 0.6) is 0 Å². The zero-order valence-electron chi connectivity index (χ0n) is 17.2. The van der Waals surface area contributed by atoms with Crippen LogP contribution in [-0.2, 0) is 11.2 Å². The molecule has 4 nitrogen and oxygen atoms in total. The third-order valence-electron chi connectivity index (χ3n) is 6.83. The summed E-state index contributed by atoms with van der Waals surface area (Å²) < 4.78 is 0. The molecule has 1 heterocycles. The number of nitriles is 1. The van der Waals surface area contributed by atoms with E-state index in [0.717, 1.165) is 25.2 Å². The SMILES string of the molecule is CC(=O)N(c1ccccc1)C1(C#N)CCN(C2Cc3cccc4cccc2c34)CC1. The molecule has 1 aliphatic carbocycles. The Balaban J connectivity index is 1.42. The van der Waals surface area contributed by atoms with Crippen LogP contribution < -0.4 is 4.90 Å². The average molecular weight is 396 g/mol. The third-order valence-corrected chi connectivity index (χ3v) is 6.83. The van der Waals surface area contributed by atoms with Crippen LogP contribution in [0.2, 0.25) is 0 Å². The minimum Gasteiger partial charge on any atom is -0.296 e. The first-order valence-electron chi connectivity index (χ1n) is 10.6. The lowest BCUT2D eigenvalue weighted by Crippen LogP contribution is -2.57. The number of amides is 1. The second kappa shape index (κ2) is 7.27. The molecule has 0 N–H and O–H groups in total. The number of hydrogen-bond donors (Lipinski definition) is 0. The van der Waals surface area contributed by atoms with E-state index in [1.54, 1.807) is 11.8 Å². The van der Waals surface area contributed by atoms with Crippen molar-refractivity contribution in [2.75, 3.05) is 18.0 Å². The van der Waals surface area contributed by atoms with Crippen LogP contribution in [-0.4, -0.2) is 29.4 Å².